The van der Waals surface area contributed by atoms with E-state index < -0.39 is 19.9 Å². The molecule has 186 valence electrons. The van der Waals surface area contributed by atoms with Crippen molar-refractivity contribution in [2.45, 2.75) is 36.5 Å². The van der Waals surface area contributed by atoms with Gasteiger partial charge in [0.2, 0.25) is 15.9 Å². The molecule has 35 heavy (non-hydrogen) atoms. The fraction of sp³-hybridized carbons (Fsp3) is 0.333. The van der Waals surface area contributed by atoms with Gasteiger partial charge >= 0.3 is 0 Å². The van der Waals surface area contributed by atoms with Gasteiger partial charge in [-0.25, -0.2) is 21.8 Å². The fourth-order valence-electron chi connectivity index (χ4n) is 4.04. The van der Waals surface area contributed by atoms with Crippen LogP contribution in [0.15, 0.2) is 57.6 Å². The van der Waals surface area contributed by atoms with Crippen LogP contribution in [0, 0.1) is 19.8 Å². The summed E-state index contributed by atoms with van der Waals surface area (Å²) in [7, 11) is -7.72. The summed E-state index contributed by atoms with van der Waals surface area (Å²) >= 11 is 1.35. The number of carbonyl (C=O) groups is 1. The lowest BCUT2D eigenvalue weighted by Crippen LogP contribution is -2.41. The Morgan fingerprint density at radius 3 is 2.29 bits per heavy atom. The molecular formula is C24H27N3O5S3. The second kappa shape index (κ2) is 9.81. The number of carbonyl (C=O) groups excluding carboxylic acids is 1. The van der Waals surface area contributed by atoms with E-state index in [0.29, 0.717) is 18.0 Å². The number of thiazole rings is 1. The molecule has 0 bridgehead atoms. The van der Waals surface area contributed by atoms with Gasteiger partial charge in [0.15, 0.2) is 15.0 Å². The van der Waals surface area contributed by atoms with Crippen LogP contribution in [-0.4, -0.2) is 51.4 Å². The van der Waals surface area contributed by atoms with E-state index in [2.05, 4.69) is 16.4 Å². The molecule has 0 aliphatic carbocycles. The van der Waals surface area contributed by atoms with Crippen LogP contribution in [0.2, 0.25) is 0 Å². The normalized spacial score (nSPS) is 15.7. The molecule has 0 radical (unpaired) electrons. The molecule has 1 aliphatic heterocycles. The van der Waals surface area contributed by atoms with Crippen molar-refractivity contribution < 1.29 is 21.6 Å². The quantitative estimate of drug-likeness (QED) is 0.515. The van der Waals surface area contributed by atoms with Crippen LogP contribution in [0.5, 0.6) is 0 Å². The molecule has 4 rings (SSSR count). The summed E-state index contributed by atoms with van der Waals surface area (Å²) in [4.78, 5) is 16.9. The summed E-state index contributed by atoms with van der Waals surface area (Å²) in [5.41, 5.74) is 4.14. The first kappa shape index (κ1) is 25.5. The topological polar surface area (TPSA) is 114 Å². The van der Waals surface area contributed by atoms with Crippen LogP contribution in [-0.2, 0) is 24.7 Å². The summed E-state index contributed by atoms with van der Waals surface area (Å²) in [5.74, 6) is -0.555. The van der Waals surface area contributed by atoms with Crippen LogP contribution < -0.4 is 5.32 Å². The van der Waals surface area contributed by atoms with Crippen molar-refractivity contribution in [3.8, 4) is 11.3 Å². The molecule has 0 spiro atoms. The van der Waals surface area contributed by atoms with E-state index >= 15 is 0 Å². The average molecular weight is 534 g/mol. The summed E-state index contributed by atoms with van der Waals surface area (Å²) in [6.45, 7) is 4.35. The number of piperidine rings is 1. The molecular weight excluding hydrogens is 506 g/mol. The average Bonchev–Trinajstić information content (AvgIpc) is 3.29. The number of nitrogens with one attached hydrogen (secondary N) is 1. The number of sulfone groups is 1. The third-order valence-corrected chi connectivity index (χ3v) is 10.2. The number of aromatic nitrogens is 1. The van der Waals surface area contributed by atoms with Crippen molar-refractivity contribution in [3.63, 3.8) is 0 Å². The largest absolute Gasteiger partial charge is 0.302 e. The molecule has 1 amide bonds. The van der Waals surface area contributed by atoms with E-state index in [-0.39, 0.29) is 34.7 Å². The van der Waals surface area contributed by atoms with E-state index in [1.165, 1.54) is 51.0 Å². The minimum Gasteiger partial charge on any atom is -0.302 e. The number of anilines is 1. The minimum absolute atomic E-state index is 0.129. The van der Waals surface area contributed by atoms with Gasteiger partial charge in [0, 0.05) is 36.2 Å². The number of benzene rings is 2. The Kier molecular flexibility index (Phi) is 7.14. The van der Waals surface area contributed by atoms with Crippen molar-refractivity contribution in [2.24, 2.45) is 5.92 Å². The van der Waals surface area contributed by atoms with Gasteiger partial charge in [0.1, 0.15) is 4.90 Å². The lowest BCUT2D eigenvalue weighted by atomic mass is 9.97. The highest BCUT2D eigenvalue weighted by Gasteiger charge is 2.34. The fourth-order valence-corrected chi connectivity index (χ4v) is 7.83. The molecule has 1 N–H and O–H groups in total. The molecule has 1 saturated heterocycles. The van der Waals surface area contributed by atoms with Crippen LogP contribution in [0.1, 0.15) is 24.0 Å². The van der Waals surface area contributed by atoms with Crippen molar-refractivity contribution in [1.29, 1.82) is 0 Å². The molecule has 3 aromatic rings. The summed E-state index contributed by atoms with van der Waals surface area (Å²) in [6.07, 6.45) is 1.66. The standard InChI is InChI=1S/C24H27N3O5S3/c1-16-8-9-19(14-17(16)2)20-15-33-24(25-20)26-23(28)18-10-12-27(13-11-18)35(31,32)22-7-5-4-6-21(22)34(3,29)30/h4-9,14-15,18H,10-13H2,1-3H3,(H,25,26,28). The van der Waals surface area contributed by atoms with E-state index in [0.717, 1.165) is 17.5 Å². The number of hydrogen-bond donors (Lipinski definition) is 1. The molecule has 0 saturated carbocycles. The van der Waals surface area contributed by atoms with Gasteiger partial charge in [0.05, 0.1) is 10.6 Å². The van der Waals surface area contributed by atoms with Gasteiger partial charge in [-0.15, -0.1) is 11.3 Å². The van der Waals surface area contributed by atoms with Crippen LogP contribution in [0.3, 0.4) is 0 Å². The van der Waals surface area contributed by atoms with Gasteiger partial charge < -0.3 is 5.32 Å². The highest BCUT2D eigenvalue weighted by molar-refractivity contribution is 7.93. The molecule has 2 heterocycles. The third kappa shape index (κ3) is 5.48. The number of nitrogens with zero attached hydrogens (tertiary/aromatic N) is 2. The number of hydrogen-bond acceptors (Lipinski definition) is 7. The molecule has 1 aromatic heterocycles. The molecule has 2 aromatic carbocycles. The lowest BCUT2D eigenvalue weighted by Gasteiger charge is -2.30. The zero-order valence-electron chi connectivity index (χ0n) is 19.7. The molecule has 0 atom stereocenters. The predicted octanol–water partition coefficient (Wildman–Crippen LogP) is 3.87. The van der Waals surface area contributed by atoms with E-state index in [1.807, 2.05) is 31.4 Å². The number of sulfonamides is 1. The van der Waals surface area contributed by atoms with Crippen LogP contribution >= 0.6 is 11.3 Å². The Bertz CT molecular complexity index is 1470. The SMILES string of the molecule is Cc1ccc(-c2csc(NC(=O)C3CCN(S(=O)(=O)c4ccccc4S(C)(=O)=O)CC3)n2)cc1C. The van der Waals surface area contributed by atoms with Gasteiger partial charge in [-0.05, 0) is 56.0 Å². The Hall–Kier alpha value is -2.60. The van der Waals surface area contributed by atoms with Crippen LogP contribution in [0.4, 0.5) is 5.13 Å². The summed E-state index contributed by atoms with van der Waals surface area (Å²) in [6, 6.07) is 11.7. The number of rotatable bonds is 6. The first-order chi connectivity index (χ1) is 16.5. The van der Waals surface area contributed by atoms with Gasteiger partial charge in [-0.3, -0.25) is 4.79 Å². The summed E-state index contributed by atoms with van der Waals surface area (Å²) < 4.78 is 51.7. The molecule has 11 heteroatoms. The van der Waals surface area contributed by atoms with Crippen molar-refractivity contribution >= 4 is 42.2 Å². The van der Waals surface area contributed by atoms with Gasteiger partial charge in [-0.1, -0.05) is 24.3 Å². The molecule has 0 unspecified atom stereocenters. The Balaban J connectivity index is 1.41. The van der Waals surface area contributed by atoms with Crippen LogP contribution in [0.25, 0.3) is 11.3 Å². The van der Waals surface area contributed by atoms with Crippen molar-refractivity contribution in [1.82, 2.24) is 9.29 Å². The lowest BCUT2D eigenvalue weighted by molar-refractivity contribution is -0.120. The maximum Gasteiger partial charge on any atom is 0.244 e. The Morgan fingerprint density at radius 1 is 1.00 bits per heavy atom. The highest BCUT2D eigenvalue weighted by Crippen LogP contribution is 2.30. The summed E-state index contributed by atoms with van der Waals surface area (Å²) in [5, 5.41) is 5.26. The zero-order chi connectivity index (χ0) is 25.4. The number of amides is 1. The smallest absolute Gasteiger partial charge is 0.244 e. The van der Waals surface area contributed by atoms with E-state index in [4.69, 9.17) is 0 Å². The molecule has 1 aliphatic rings. The maximum atomic E-state index is 13.2. The number of aryl methyl sites for hydroxylation is 2. The van der Waals surface area contributed by atoms with Gasteiger partial charge in [-0.2, -0.15) is 4.31 Å². The monoisotopic (exact) mass is 533 g/mol. The second-order valence-electron chi connectivity index (χ2n) is 8.72. The van der Waals surface area contributed by atoms with Gasteiger partial charge in [0.25, 0.3) is 0 Å². The first-order valence-electron chi connectivity index (χ1n) is 11.1. The first-order valence-corrected chi connectivity index (χ1v) is 15.3. The van der Waals surface area contributed by atoms with E-state index in [9.17, 15) is 21.6 Å². The Morgan fingerprint density at radius 2 is 1.66 bits per heavy atom. The minimum atomic E-state index is -4.01. The molecule has 8 nitrogen and oxygen atoms in total. The highest BCUT2D eigenvalue weighted by atomic mass is 32.2. The zero-order valence-corrected chi connectivity index (χ0v) is 22.1. The molecule has 1 fully saturated rings. The second-order valence-corrected chi connectivity index (χ2v) is 13.5. The van der Waals surface area contributed by atoms with Crippen molar-refractivity contribution in [3.05, 3.63) is 59.0 Å². The van der Waals surface area contributed by atoms with Crippen molar-refractivity contribution in [2.75, 3.05) is 24.7 Å². The third-order valence-electron chi connectivity index (χ3n) is 6.23. The Labute approximate surface area is 210 Å². The predicted molar refractivity (Wildman–Crippen MR) is 137 cm³/mol. The maximum absolute atomic E-state index is 13.2. The van der Waals surface area contributed by atoms with E-state index in [1.54, 1.807) is 0 Å².